The van der Waals surface area contributed by atoms with Crippen molar-refractivity contribution < 1.29 is 14.3 Å². The fourth-order valence-corrected chi connectivity index (χ4v) is 1.76. The highest BCUT2D eigenvalue weighted by Crippen LogP contribution is 2.26. The number of carbonyl (C=O) groups excluding carboxylic acids is 1. The van der Waals surface area contributed by atoms with Crippen LogP contribution in [0, 0.1) is 0 Å². The number of nitrogens with two attached hydrogens (primary N) is 1. The molecule has 1 heterocycles. The summed E-state index contributed by atoms with van der Waals surface area (Å²) in [6.45, 7) is 6.59. The van der Waals surface area contributed by atoms with E-state index in [2.05, 4.69) is 0 Å². The van der Waals surface area contributed by atoms with Gasteiger partial charge in [-0.1, -0.05) is 0 Å². The van der Waals surface area contributed by atoms with Crippen molar-refractivity contribution in [2.24, 2.45) is 0 Å². The Kier molecular flexibility index (Phi) is 2.83. The number of anilines is 1. The summed E-state index contributed by atoms with van der Waals surface area (Å²) in [7, 11) is 0. The summed E-state index contributed by atoms with van der Waals surface area (Å²) >= 11 is 0. The number of nitrogen functional groups attached to an aromatic ring is 1. The van der Waals surface area contributed by atoms with E-state index in [1.54, 1.807) is 12.1 Å². The van der Waals surface area contributed by atoms with Gasteiger partial charge in [-0.15, -0.1) is 0 Å². The first-order valence-electron chi connectivity index (χ1n) is 5.59. The van der Waals surface area contributed by atoms with Gasteiger partial charge < -0.3 is 15.2 Å². The first-order chi connectivity index (χ1) is 7.87. The Morgan fingerprint density at radius 2 is 1.88 bits per heavy atom. The van der Waals surface area contributed by atoms with Crippen LogP contribution in [-0.4, -0.2) is 11.6 Å². The molecule has 92 valence electrons. The molecule has 1 aliphatic heterocycles. The molecule has 4 heteroatoms. The Labute approximate surface area is 101 Å². The summed E-state index contributed by atoms with van der Waals surface area (Å²) < 4.78 is 10.6. The molecule has 2 N–H and O–H groups in total. The third-order valence-corrected chi connectivity index (χ3v) is 2.51. The number of hydrogen-bond acceptors (Lipinski definition) is 4. The Morgan fingerprint density at radius 1 is 1.29 bits per heavy atom. The van der Waals surface area contributed by atoms with Gasteiger partial charge in [-0.25, -0.2) is 4.79 Å². The Hall–Kier alpha value is -1.55. The number of ether oxygens (including phenoxy) is 2. The zero-order valence-electron chi connectivity index (χ0n) is 10.4. The summed E-state index contributed by atoms with van der Waals surface area (Å²) in [6, 6.07) is 3.56. The summed E-state index contributed by atoms with van der Waals surface area (Å²) in [5.41, 5.74) is 8.28. The molecule has 0 spiro atoms. The average Bonchev–Trinajstić information content (AvgIpc) is 2.60. The molecule has 0 fully saturated rings. The van der Waals surface area contributed by atoms with Gasteiger partial charge in [0.05, 0.1) is 18.8 Å². The lowest BCUT2D eigenvalue weighted by Crippen LogP contribution is -2.24. The number of rotatable bonds is 1. The minimum absolute atomic E-state index is 0.385. The molecule has 1 aromatic rings. The molecule has 0 saturated heterocycles. The lowest BCUT2D eigenvalue weighted by atomic mass is 10.0. The van der Waals surface area contributed by atoms with Crippen LogP contribution >= 0.6 is 0 Å². The minimum atomic E-state index is -0.515. The van der Waals surface area contributed by atoms with Crippen LogP contribution in [0.5, 0.6) is 0 Å². The van der Waals surface area contributed by atoms with E-state index in [9.17, 15) is 4.79 Å². The number of fused-ring (bicyclic) bond motifs is 1. The summed E-state index contributed by atoms with van der Waals surface area (Å²) in [6.07, 6.45) is 0. The maximum absolute atomic E-state index is 11.9. The smallest absolute Gasteiger partial charge is 0.340 e. The van der Waals surface area contributed by atoms with Gasteiger partial charge in [0, 0.05) is 5.69 Å². The van der Waals surface area contributed by atoms with Crippen LogP contribution in [0.15, 0.2) is 12.1 Å². The number of benzene rings is 1. The third-order valence-electron chi connectivity index (χ3n) is 2.51. The van der Waals surface area contributed by atoms with Gasteiger partial charge in [-0.05, 0) is 44.0 Å². The fraction of sp³-hybridized carbons (Fsp3) is 0.462. The van der Waals surface area contributed by atoms with Crippen molar-refractivity contribution >= 4 is 11.7 Å². The van der Waals surface area contributed by atoms with Gasteiger partial charge in [-0.2, -0.15) is 0 Å². The van der Waals surface area contributed by atoms with Crippen LogP contribution in [0.1, 0.15) is 42.3 Å². The van der Waals surface area contributed by atoms with E-state index in [4.69, 9.17) is 15.2 Å². The van der Waals surface area contributed by atoms with Gasteiger partial charge in [0.1, 0.15) is 5.60 Å². The Balaban J connectivity index is 2.30. The average molecular weight is 235 g/mol. The van der Waals surface area contributed by atoms with E-state index in [-0.39, 0.29) is 5.97 Å². The van der Waals surface area contributed by atoms with Crippen LogP contribution in [0.2, 0.25) is 0 Å². The molecule has 1 aromatic carbocycles. The van der Waals surface area contributed by atoms with Crippen LogP contribution in [0.3, 0.4) is 0 Å². The van der Waals surface area contributed by atoms with Crippen LogP contribution in [-0.2, 0) is 22.7 Å². The zero-order valence-corrected chi connectivity index (χ0v) is 10.4. The first kappa shape index (κ1) is 11.9. The molecule has 0 saturated carbocycles. The molecule has 1 aliphatic rings. The first-order valence-corrected chi connectivity index (χ1v) is 5.59. The van der Waals surface area contributed by atoms with Crippen LogP contribution < -0.4 is 5.73 Å². The van der Waals surface area contributed by atoms with Crippen LogP contribution in [0.25, 0.3) is 0 Å². The second kappa shape index (κ2) is 4.04. The molecule has 0 aromatic heterocycles. The highest BCUT2D eigenvalue weighted by Gasteiger charge is 2.22. The standard InChI is InChI=1S/C13H17NO3/c1-13(2,3)17-12(15)10-4-8-6-16-7-9(8)5-11(10)14/h4-5H,6-7,14H2,1-3H3. The highest BCUT2D eigenvalue weighted by atomic mass is 16.6. The lowest BCUT2D eigenvalue weighted by Gasteiger charge is -2.20. The van der Waals surface area contributed by atoms with Gasteiger partial charge in [-0.3, -0.25) is 0 Å². The quantitative estimate of drug-likeness (QED) is 0.599. The second-order valence-electron chi connectivity index (χ2n) is 5.20. The molecular weight excluding hydrogens is 218 g/mol. The number of esters is 1. The number of hydrogen-bond donors (Lipinski definition) is 1. The summed E-state index contributed by atoms with van der Waals surface area (Å²) in [4.78, 5) is 11.9. The van der Waals surface area contributed by atoms with Crippen molar-refractivity contribution in [1.82, 2.24) is 0 Å². The second-order valence-corrected chi connectivity index (χ2v) is 5.20. The van der Waals surface area contributed by atoms with E-state index in [1.807, 2.05) is 20.8 Å². The van der Waals surface area contributed by atoms with Gasteiger partial charge >= 0.3 is 5.97 Å². The predicted molar refractivity (Wildman–Crippen MR) is 64.5 cm³/mol. The Bertz CT molecular complexity index is 460. The van der Waals surface area contributed by atoms with E-state index < -0.39 is 5.60 Å². The largest absolute Gasteiger partial charge is 0.456 e. The van der Waals surface area contributed by atoms with Crippen molar-refractivity contribution in [1.29, 1.82) is 0 Å². The van der Waals surface area contributed by atoms with Crippen molar-refractivity contribution in [2.75, 3.05) is 5.73 Å². The molecule has 0 radical (unpaired) electrons. The van der Waals surface area contributed by atoms with Crippen molar-refractivity contribution in [3.63, 3.8) is 0 Å². The molecule has 0 atom stereocenters. The SMILES string of the molecule is CC(C)(C)OC(=O)c1cc2c(cc1N)COC2. The molecule has 0 aliphatic carbocycles. The topological polar surface area (TPSA) is 61.5 Å². The maximum Gasteiger partial charge on any atom is 0.340 e. The molecule has 2 rings (SSSR count). The lowest BCUT2D eigenvalue weighted by molar-refractivity contribution is 0.00707. The molecular formula is C13H17NO3. The third kappa shape index (κ3) is 2.58. The Morgan fingerprint density at radius 3 is 2.47 bits per heavy atom. The summed E-state index contributed by atoms with van der Waals surface area (Å²) in [5, 5.41) is 0. The van der Waals surface area contributed by atoms with Gasteiger partial charge in [0.25, 0.3) is 0 Å². The van der Waals surface area contributed by atoms with Crippen molar-refractivity contribution in [3.05, 3.63) is 28.8 Å². The van der Waals surface area contributed by atoms with Crippen LogP contribution in [0.4, 0.5) is 5.69 Å². The summed E-state index contributed by atoms with van der Waals surface area (Å²) in [5.74, 6) is -0.385. The van der Waals surface area contributed by atoms with E-state index in [1.165, 1.54) is 0 Å². The van der Waals surface area contributed by atoms with E-state index in [0.29, 0.717) is 24.5 Å². The molecule has 0 unspecified atom stereocenters. The molecule has 17 heavy (non-hydrogen) atoms. The van der Waals surface area contributed by atoms with Crippen molar-refractivity contribution in [3.8, 4) is 0 Å². The van der Waals surface area contributed by atoms with Gasteiger partial charge in [0.15, 0.2) is 0 Å². The minimum Gasteiger partial charge on any atom is -0.456 e. The highest BCUT2D eigenvalue weighted by molar-refractivity contribution is 5.95. The molecule has 0 amide bonds. The molecule has 4 nitrogen and oxygen atoms in total. The monoisotopic (exact) mass is 235 g/mol. The number of carbonyl (C=O) groups is 1. The zero-order chi connectivity index (χ0) is 12.6. The molecule has 0 bridgehead atoms. The van der Waals surface area contributed by atoms with E-state index >= 15 is 0 Å². The predicted octanol–water partition coefficient (Wildman–Crippen LogP) is 2.25. The maximum atomic E-state index is 11.9. The van der Waals surface area contributed by atoms with Gasteiger partial charge in [0.2, 0.25) is 0 Å². The normalized spacial score (nSPS) is 14.5. The van der Waals surface area contributed by atoms with Crippen molar-refractivity contribution in [2.45, 2.75) is 39.6 Å². The van der Waals surface area contributed by atoms with E-state index in [0.717, 1.165) is 11.1 Å². The fourth-order valence-electron chi connectivity index (χ4n) is 1.76.